The minimum absolute atomic E-state index is 0.192. The Balaban J connectivity index is 1.64. The molecule has 4 aromatic rings. The van der Waals surface area contributed by atoms with Gasteiger partial charge in [-0.05, 0) is 36.8 Å². The number of nitrogens with zero attached hydrogens (tertiary/aromatic N) is 3. The van der Waals surface area contributed by atoms with Gasteiger partial charge in [-0.2, -0.15) is 9.67 Å². The van der Waals surface area contributed by atoms with Gasteiger partial charge in [-0.15, -0.1) is 5.10 Å². The van der Waals surface area contributed by atoms with Crippen LogP contribution < -0.4 is 10.1 Å². The summed E-state index contributed by atoms with van der Waals surface area (Å²) in [5, 5.41) is 7.62. The fourth-order valence-electron chi connectivity index (χ4n) is 2.82. The van der Waals surface area contributed by atoms with Crippen LogP contribution in [0, 0.1) is 6.92 Å². The average Bonchev–Trinajstić information content (AvgIpc) is 3.43. The molecule has 0 spiro atoms. The first-order chi connectivity index (χ1) is 14.1. The predicted molar refractivity (Wildman–Crippen MR) is 109 cm³/mol. The third-order valence-electron chi connectivity index (χ3n) is 4.45. The van der Waals surface area contributed by atoms with Gasteiger partial charge in [0.05, 0.1) is 13.4 Å². The molecular weight excluding hydrogens is 368 g/mol. The number of carbonyl (C=O) groups excluding carboxylic acids is 1. The van der Waals surface area contributed by atoms with E-state index in [9.17, 15) is 4.79 Å². The highest BCUT2D eigenvalue weighted by Crippen LogP contribution is 2.20. The summed E-state index contributed by atoms with van der Waals surface area (Å²) in [6.07, 6.45) is 1.45. The molecule has 0 atom stereocenters. The van der Waals surface area contributed by atoms with E-state index in [1.54, 1.807) is 19.2 Å². The number of aryl methyl sites for hydroxylation is 1. The third kappa shape index (κ3) is 4.03. The summed E-state index contributed by atoms with van der Waals surface area (Å²) in [5.41, 5.74) is 2.98. The largest absolute Gasteiger partial charge is 0.497 e. The standard InChI is InChI=1S/C22H20N4O3/c1-15-5-9-17(10-6-15)20-24-22(23-14-16-7-11-18(28-2)12-8-16)26(25-20)21(27)19-4-3-13-29-19/h3-13H,14H2,1-2H3,(H,23,24,25). The van der Waals surface area contributed by atoms with Gasteiger partial charge < -0.3 is 14.5 Å². The predicted octanol–water partition coefficient (Wildman–Crippen LogP) is 4.16. The van der Waals surface area contributed by atoms with E-state index in [2.05, 4.69) is 15.4 Å². The summed E-state index contributed by atoms with van der Waals surface area (Å²) in [4.78, 5) is 17.4. The molecule has 4 rings (SSSR count). The molecule has 0 saturated carbocycles. The molecule has 0 aliphatic rings. The van der Waals surface area contributed by atoms with E-state index in [4.69, 9.17) is 9.15 Å². The first-order valence-electron chi connectivity index (χ1n) is 9.13. The highest BCUT2D eigenvalue weighted by Gasteiger charge is 2.20. The number of aromatic nitrogens is 3. The summed E-state index contributed by atoms with van der Waals surface area (Å²) in [7, 11) is 1.63. The Morgan fingerprint density at radius 1 is 1.10 bits per heavy atom. The second-order valence-corrected chi connectivity index (χ2v) is 6.52. The lowest BCUT2D eigenvalue weighted by Gasteiger charge is -2.07. The smallest absolute Gasteiger partial charge is 0.317 e. The van der Waals surface area contributed by atoms with Crippen LogP contribution in [0.2, 0.25) is 0 Å². The van der Waals surface area contributed by atoms with Gasteiger partial charge in [-0.1, -0.05) is 42.0 Å². The number of hydrogen-bond donors (Lipinski definition) is 1. The Labute approximate surface area is 168 Å². The summed E-state index contributed by atoms with van der Waals surface area (Å²) >= 11 is 0. The second-order valence-electron chi connectivity index (χ2n) is 6.52. The maximum Gasteiger partial charge on any atom is 0.317 e. The van der Waals surface area contributed by atoms with Crippen LogP contribution in [0.5, 0.6) is 5.75 Å². The summed E-state index contributed by atoms with van der Waals surface area (Å²) in [5.74, 6) is 1.39. The van der Waals surface area contributed by atoms with E-state index < -0.39 is 5.91 Å². The van der Waals surface area contributed by atoms with Gasteiger partial charge in [0.1, 0.15) is 5.75 Å². The highest BCUT2D eigenvalue weighted by atomic mass is 16.5. The molecule has 0 amide bonds. The Kier molecular flexibility index (Phi) is 5.11. The molecule has 7 nitrogen and oxygen atoms in total. The highest BCUT2D eigenvalue weighted by molar-refractivity contribution is 5.94. The lowest BCUT2D eigenvalue weighted by Crippen LogP contribution is -2.17. The maximum absolute atomic E-state index is 12.8. The van der Waals surface area contributed by atoms with Gasteiger partial charge in [0.2, 0.25) is 5.95 Å². The van der Waals surface area contributed by atoms with Gasteiger partial charge in [0, 0.05) is 12.1 Å². The molecule has 7 heteroatoms. The van der Waals surface area contributed by atoms with Crippen molar-refractivity contribution in [2.45, 2.75) is 13.5 Å². The lowest BCUT2D eigenvalue weighted by molar-refractivity contribution is 0.0919. The van der Waals surface area contributed by atoms with E-state index >= 15 is 0 Å². The van der Waals surface area contributed by atoms with E-state index in [-0.39, 0.29) is 5.76 Å². The number of anilines is 1. The van der Waals surface area contributed by atoms with Crippen molar-refractivity contribution in [3.63, 3.8) is 0 Å². The van der Waals surface area contributed by atoms with Crippen LogP contribution in [0.25, 0.3) is 11.4 Å². The van der Waals surface area contributed by atoms with Crippen molar-refractivity contribution < 1.29 is 13.9 Å². The zero-order chi connectivity index (χ0) is 20.2. The SMILES string of the molecule is COc1ccc(CNc2nc(-c3ccc(C)cc3)nn2C(=O)c2ccco2)cc1. The first kappa shape index (κ1) is 18.5. The van der Waals surface area contributed by atoms with Crippen LogP contribution in [0.1, 0.15) is 21.7 Å². The molecule has 0 radical (unpaired) electrons. The molecule has 2 heterocycles. The summed E-state index contributed by atoms with van der Waals surface area (Å²) in [6.45, 7) is 2.49. The molecule has 0 aliphatic heterocycles. The van der Waals surface area contributed by atoms with Crippen molar-refractivity contribution in [1.29, 1.82) is 0 Å². The molecule has 1 N–H and O–H groups in total. The molecule has 0 bridgehead atoms. The zero-order valence-corrected chi connectivity index (χ0v) is 16.1. The van der Waals surface area contributed by atoms with Gasteiger partial charge in [0.25, 0.3) is 0 Å². The van der Waals surface area contributed by atoms with E-state index in [1.165, 1.54) is 10.9 Å². The number of rotatable bonds is 6. The van der Waals surface area contributed by atoms with Crippen molar-refractivity contribution >= 4 is 11.9 Å². The van der Waals surface area contributed by atoms with Crippen LogP contribution in [0.3, 0.4) is 0 Å². The van der Waals surface area contributed by atoms with E-state index in [0.717, 1.165) is 22.4 Å². The van der Waals surface area contributed by atoms with Crippen molar-refractivity contribution in [3.05, 3.63) is 83.8 Å². The van der Waals surface area contributed by atoms with Gasteiger partial charge in [-0.3, -0.25) is 4.79 Å². The number of nitrogens with one attached hydrogen (secondary N) is 1. The fraction of sp³-hybridized carbons (Fsp3) is 0.136. The van der Waals surface area contributed by atoms with E-state index in [0.29, 0.717) is 18.3 Å². The molecule has 146 valence electrons. The fourth-order valence-corrected chi connectivity index (χ4v) is 2.82. The van der Waals surface area contributed by atoms with Crippen molar-refractivity contribution in [2.24, 2.45) is 0 Å². The number of carbonyl (C=O) groups is 1. The molecule has 0 unspecified atom stereocenters. The van der Waals surface area contributed by atoms with Crippen molar-refractivity contribution in [3.8, 4) is 17.1 Å². The zero-order valence-electron chi connectivity index (χ0n) is 16.1. The van der Waals surface area contributed by atoms with Gasteiger partial charge in [0.15, 0.2) is 11.6 Å². The number of ether oxygens (including phenoxy) is 1. The Morgan fingerprint density at radius 3 is 2.52 bits per heavy atom. The Hall–Kier alpha value is -3.87. The molecular formula is C22H20N4O3. The number of methoxy groups -OCH3 is 1. The first-order valence-corrected chi connectivity index (χ1v) is 9.13. The number of hydrogen-bond acceptors (Lipinski definition) is 6. The van der Waals surface area contributed by atoms with Crippen molar-refractivity contribution in [1.82, 2.24) is 14.8 Å². The quantitative estimate of drug-likeness (QED) is 0.534. The molecule has 0 fully saturated rings. The molecule has 29 heavy (non-hydrogen) atoms. The topological polar surface area (TPSA) is 82.2 Å². The van der Waals surface area contributed by atoms with Crippen LogP contribution >= 0.6 is 0 Å². The number of furan rings is 1. The monoisotopic (exact) mass is 388 g/mol. The number of benzene rings is 2. The molecule has 0 saturated heterocycles. The summed E-state index contributed by atoms with van der Waals surface area (Å²) in [6, 6.07) is 18.7. The van der Waals surface area contributed by atoms with Gasteiger partial charge >= 0.3 is 5.91 Å². The second kappa shape index (κ2) is 8.02. The average molecular weight is 388 g/mol. The molecule has 2 aromatic carbocycles. The minimum Gasteiger partial charge on any atom is -0.497 e. The minimum atomic E-state index is -0.391. The van der Waals surface area contributed by atoms with Crippen LogP contribution in [-0.2, 0) is 6.54 Å². The Morgan fingerprint density at radius 2 is 1.86 bits per heavy atom. The normalized spacial score (nSPS) is 10.7. The lowest BCUT2D eigenvalue weighted by atomic mass is 10.1. The van der Waals surface area contributed by atoms with Crippen LogP contribution in [0.15, 0.2) is 71.3 Å². The summed E-state index contributed by atoms with van der Waals surface area (Å²) < 4.78 is 11.7. The third-order valence-corrected chi connectivity index (χ3v) is 4.45. The van der Waals surface area contributed by atoms with Crippen molar-refractivity contribution in [2.75, 3.05) is 12.4 Å². The molecule has 2 aromatic heterocycles. The molecule has 0 aliphatic carbocycles. The maximum atomic E-state index is 12.8. The Bertz CT molecular complexity index is 1100. The van der Waals surface area contributed by atoms with Crippen LogP contribution in [-0.4, -0.2) is 27.8 Å². The van der Waals surface area contributed by atoms with E-state index in [1.807, 2.05) is 55.5 Å². The van der Waals surface area contributed by atoms with Crippen LogP contribution in [0.4, 0.5) is 5.95 Å². The van der Waals surface area contributed by atoms with Gasteiger partial charge in [-0.25, -0.2) is 0 Å².